The largest absolute Gasteiger partial charge is 0.355 e. The molecule has 120 valence electrons. The van der Waals surface area contributed by atoms with Gasteiger partial charge in [-0.1, -0.05) is 6.42 Å². The van der Waals surface area contributed by atoms with Crippen LogP contribution in [0.2, 0.25) is 0 Å². The summed E-state index contributed by atoms with van der Waals surface area (Å²) in [5.41, 5.74) is 0. The Hall–Kier alpha value is -1.08. The van der Waals surface area contributed by atoms with Gasteiger partial charge in [0.2, 0.25) is 11.8 Å². The predicted molar refractivity (Wildman–Crippen MR) is 87.5 cm³/mol. The van der Waals surface area contributed by atoms with Crippen molar-refractivity contribution in [3.63, 3.8) is 0 Å². The Balaban J connectivity index is 2.06. The van der Waals surface area contributed by atoms with E-state index < -0.39 is 0 Å². The zero-order valence-electron chi connectivity index (χ0n) is 12.9. The molecule has 0 aromatic heterocycles. The molecule has 0 saturated heterocycles. The number of amides is 2. The van der Waals surface area contributed by atoms with Crippen molar-refractivity contribution >= 4 is 29.8 Å². The van der Waals surface area contributed by atoms with Gasteiger partial charge in [-0.2, -0.15) is 16.9 Å². The molecule has 0 spiro atoms. The topological polar surface area (TPSA) is 73.8 Å². The lowest BCUT2D eigenvalue weighted by Gasteiger charge is -2.23. The smallest absolute Gasteiger partial charge is 0.244 e. The zero-order valence-corrected chi connectivity index (χ0v) is 13.7. The first-order valence-electron chi connectivity index (χ1n) is 7.46. The Labute approximate surface area is 131 Å². The highest BCUT2D eigenvalue weighted by Gasteiger charge is 2.21. The second-order valence-electron chi connectivity index (χ2n) is 5.02. The molecule has 1 unspecified atom stereocenters. The molecule has 1 atom stereocenters. The van der Waals surface area contributed by atoms with Gasteiger partial charge in [0.25, 0.3) is 0 Å². The van der Waals surface area contributed by atoms with Crippen molar-refractivity contribution in [1.29, 1.82) is 0 Å². The Morgan fingerprint density at radius 3 is 2.90 bits per heavy atom. The van der Waals surface area contributed by atoms with Crippen molar-refractivity contribution < 1.29 is 9.59 Å². The minimum absolute atomic E-state index is 0.0973. The maximum atomic E-state index is 11.8. The number of hydrogen-bond acceptors (Lipinski definition) is 5. The summed E-state index contributed by atoms with van der Waals surface area (Å²) in [6.45, 7) is 2.11. The molecule has 2 amide bonds. The van der Waals surface area contributed by atoms with Crippen LogP contribution in [0.1, 0.15) is 32.1 Å². The maximum Gasteiger partial charge on any atom is 0.244 e. The van der Waals surface area contributed by atoms with Crippen LogP contribution in [0.5, 0.6) is 0 Å². The molecule has 7 heteroatoms. The van der Waals surface area contributed by atoms with E-state index in [2.05, 4.69) is 15.7 Å². The highest BCUT2D eigenvalue weighted by molar-refractivity contribution is 7.99. The van der Waals surface area contributed by atoms with Gasteiger partial charge >= 0.3 is 0 Å². The summed E-state index contributed by atoms with van der Waals surface area (Å²) in [6, 6.07) is 0. The van der Waals surface area contributed by atoms with Crippen molar-refractivity contribution in [3.8, 4) is 0 Å². The fraction of sp³-hybridized carbons (Fsp3) is 0.786. The van der Waals surface area contributed by atoms with Crippen molar-refractivity contribution in [3.05, 3.63) is 0 Å². The fourth-order valence-electron chi connectivity index (χ4n) is 2.02. The first kappa shape index (κ1) is 18.0. The number of hydrogen-bond donors (Lipinski definition) is 2. The van der Waals surface area contributed by atoms with Gasteiger partial charge in [0.1, 0.15) is 0 Å². The van der Waals surface area contributed by atoms with E-state index in [0.717, 1.165) is 25.8 Å². The van der Waals surface area contributed by atoms with Crippen molar-refractivity contribution in [2.75, 3.05) is 32.9 Å². The number of nitrogens with one attached hydrogen (secondary N) is 2. The van der Waals surface area contributed by atoms with E-state index in [4.69, 9.17) is 0 Å². The van der Waals surface area contributed by atoms with Gasteiger partial charge in [-0.15, -0.1) is 0 Å². The molecule has 1 rings (SSSR count). The molecule has 0 radical (unpaired) electrons. The Morgan fingerprint density at radius 2 is 2.24 bits per heavy atom. The van der Waals surface area contributed by atoms with Crippen LogP contribution in [-0.4, -0.2) is 61.2 Å². The molecule has 0 aromatic carbocycles. The molecule has 0 fully saturated rings. The van der Waals surface area contributed by atoms with E-state index in [-0.39, 0.29) is 17.1 Å². The molecule has 1 aliphatic rings. The highest BCUT2D eigenvalue weighted by Crippen LogP contribution is 2.16. The lowest BCUT2D eigenvalue weighted by atomic mass is 10.1. The van der Waals surface area contributed by atoms with Gasteiger partial charge in [0.05, 0.1) is 5.25 Å². The third-order valence-electron chi connectivity index (χ3n) is 3.31. The number of hydrazone groups is 1. The Morgan fingerprint density at radius 1 is 1.43 bits per heavy atom. The number of nitrogens with zero attached hydrogens (tertiary/aromatic N) is 2. The van der Waals surface area contributed by atoms with E-state index in [1.165, 1.54) is 0 Å². The normalized spacial score (nSPS) is 18.1. The lowest BCUT2D eigenvalue weighted by Crippen LogP contribution is -2.34. The average molecular weight is 314 g/mol. The average Bonchev–Trinajstić information content (AvgIpc) is 2.48. The molecule has 0 bridgehead atoms. The van der Waals surface area contributed by atoms with Gasteiger partial charge in [0.15, 0.2) is 0 Å². The molecule has 1 heterocycles. The number of thioether (sulfide) groups is 1. The van der Waals surface area contributed by atoms with Crippen LogP contribution in [0.3, 0.4) is 0 Å². The van der Waals surface area contributed by atoms with Crippen LogP contribution in [0, 0.1) is 0 Å². The summed E-state index contributed by atoms with van der Waals surface area (Å²) in [5, 5.41) is 11.8. The monoisotopic (exact) mass is 314 g/mol. The van der Waals surface area contributed by atoms with Crippen molar-refractivity contribution in [2.24, 2.45) is 5.10 Å². The third-order valence-corrected chi connectivity index (χ3v) is 4.20. The zero-order chi connectivity index (χ0) is 15.5. The van der Waals surface area contributed by atoms with Crippen molar-refractivity contribution in [1.82, 2.24) is 15.6 Å². The summed E-state index contributed by atoms with van der Waals surface area (Å²) in [5.74, 6) is 0.196. The maximum absolute atomic E-state index is 11.8. The molecule has 1 aliphatic heterocycles. The molecular weight excluding hydrogens is 288 g/mol. The second-order valence-corrected chi connectivity index (χ2v) is 6.10. The number of carbonyl (C=O) groups excluding carboxylic acids is 2. The lowest BCUT2D eigenvalue weighted by molar-refractivity contribution is -0.131. The van der Waals surface area contributed by atoms with Gasteiger partial charge < -0.3 is 10.6 Å². The summed E-state index contributed by atoms with van der Waals surface area (Å²) >= 11 is 1.65. The van der Waals surface area contributed by atoms with E-state index in [0.29, 0.717) is 25.9 Å². The quantitative estimate of drug-likeness (QED) is 0.586. The number of likely N-dealkylation sites (N-methyl/N-ethyl adjacent to an activating group) is 1. The number of rotatable bonds is 10. The first-order valence-corrected chi connectivity index (χ1v) is 8.74. The first-order chi connectivity index (χ1) is 10.2. The van der Waals surface area contributed by atoms with Gasteiger partial charge in [-0.3, -0.25) is 9.59 Å². The predicted octanol–water partition coefficient (Wildman–Crippen LogP) is 0.832. The minimum atomic E-state index is 0.0973. The fourth-order valence-corrected chi connectivity index (χ4v) is 2.50. The van der Waals surface area contributed by atoms with E-state index in [9.17, 15) is 9.59 Å². The van der Waals surface area contributed by atoms with Crippen LogP contribution in [-0.2, 0) is 9.59 Å². The molecule has 0 aromatic rings. The second kappa shape index (κ2) is 10.6. The van der Waals surface area contributed by atoms with Crippen LogP contribution < -0.4 is 10.6 Å². The Bertz CT molecular complexity index is 363. The number of carbonyl (C=O) groups is 2. The van der Waals surface area contributed by atoms with Crippen LogP contribution in [0.15, 0.2) is 5.10 Å². The van der Waals surface area contributed by atoms with E-state index in [1.807, 2.05) is 19.5 Å². The highest BCUT2D eigenvalue weighted by atomic mass is 32.2. The summed E-state index contributed by atoms with van der Waals surface area (Å²) in [6.07, 6.45) is 7.60. The molecule has 0 aliphatic carbocycles. The molecule has 6 nitrogen and oxygen atoms in total. The third kappa shape index (κ3) is 7.47. The Kier molecular flexibility index (Phi) is 9.09. The summed E-state index contributed by atoms with van der Waals surface area (Å²) < 4.78 is 0. The van der Waals surface area contributed by atoms with E-state index >= 15 is 0 Å². The molecule has 0 saturated carbocycles. The van der Waals surface area contributed by atoms with Crippen LogP contribution in [0.25, 0.3) is 0 Å². The SMILES string of the molecule is CNCCNC(=O)CCCCCN1N=CC(SC)CC1=O. The van der Waals surface area contributed by atoms with Gasteiger partial charge in [-0.25, -0.2) is 5.01 Å². The van der Waals surface area contributed by atoms with Gasteiger partial charge in [-0.05, 0) is 26.1 Å². The summed E-state index contributed by atoms with van der Waals surface area (Å²) in [7, 11) is 1.86. The standard InChI is InChI=1S/C14H26N4O2S/c1-15-7-8-16-13(19)6-4-3-5-9-18-14(20)10-12(21-2)11-17-18/h11-12,15H,3-10H2,1-2H3,(H,16,19). The van der Waals surface area contributed by atoms with Crippen LogP contribution in [0.4, 0.5) is 0 Å². The number of unbranched alkanes of at least 4 members (excludes halogenated alkanes) is 2. The minimum Gasteiger partial charge on any atom is -0.355 e. The van der Waals surface area contributed by atoms with Crippen molar-refractivity contribution in [2.45, 2.75) is 37.4 Å². The van der Waals surface area contributed by atoms with Crippen LogP contribution >= 0.6 is 11.8 Å². The molecular formula is C14H26N4O2S. The molecule has 21 heavy (non-hydrogen) atoms. The molecule has 2 N–H and O–H groups in total. The summed E-state index contributed by atoms with van der Waals surface area (Å²) in [4.78, 5) is 23.3. The van der Waals surface area contributed by atoms with E-state index in [1.54, 1.807) is 16.8 Å². The van der Waals surface area contributed by atoms with Gasteiger partial charge in [0, 0.05) is 38.7 Å².